The van der Waals surface area contributed by atoms with E-state index < -0.39 is 12.5 Å². The number of aromatic nitrogens is 4. The fourth-order valence-electron chi connectivity index (χ4n) is 4.19. The SMILES string of the molecule is O=C(NCc1ccc(Cl)nc1)c1cc(O[C@H]2CCN3C(=O)OC[C@@H]3C2)c(-c2cnn(C(F)F)c2)cn1. The van der Waals surface area contributed by atoms with E-state index in [2.05, 4.69) is 20.4 Å². The zero-order valence-electron chi connectivity index (χ0n) is 18.8. The summed E-state index contributed by atoms with van der Waals surface area (Å²) in [6.07, 6.45) is 5.91. The van der Waals surface area contributed by atoms with Gasteiger partial charge in [-0.05, 0) is 11.6 Å². The molecule has 0 aromatic carbocycles. The Morgan fingerprint density at radius 3 is 2.89 bits per heavy atom. The van der Waals surface area contributed by atoms with Crippen LogP contribution in [0.5, 0.6) is 5.75 Å². The zero-order chi connectivity index (χ0) is 25.2. The van der Waals surface area contributed by atoms with Gasteiger partial charge in [0.25, 0.3) is 5.91 Å². The first kappa shape index (κ1) is 23.9. The third-order valence-electron chi connectivity index (χ3n) is 6.05. The number of alkyl halides is 2. The number of carbonyl (C=O) groups is 2. The van der Waals surface area contributed by atoms with Crippen LogP contribution in [0.25, 0.3) is 11.1 Å². The number of rotatable bonds is 7. The largest absolute Gasteiger partial charge is 0.489 e. The standard InChI is InChI=1S/C23H21ClF2N6O4/c24-20-2-1-13(7-28-20)8-29-21(33)18-6-19(17(10-27-18)14-9-30-32(11-14)22(25)26)36-16-3-4-31-15(5-16)12-35-23(31)34/h1-2,6-7,9-11,15-16,22H,3-5,8,12H2,(H,29,33)/t15-,16-/m0/s1. The smallest absolute Gasteiger partial charge is 0.410 e. The number of carbonyl (C=O) groups excluding carboxylic acids is 2. The van der Waals surface area contributed by atoms with Crippen LogP contribution in [-0.4, -0.2) is 61.9 Å². The molecule has 36 heavy (non-hydrogen) atoms. The molecule has 2 atom stereocenters. The maximum atomic E-state index is 13.1. The average Bonchev–Trinajstić information content (AvgIpc) is 3.51. The number of nitrogens with one attached hydrogen (secondary N) is 1. The molecule has 2 fully saturated rings. The van der Waals surface area contributed by atoms with Gasteiger partial charge in [-0.25, -0.2) is 14.5 Å². The van der Waals surface area contributed by atoms with Crippen LogP contribution >= 0.6 is 11.6 Å². The van der Waals surface area contributed by atoms with Crippen molar-refractivity contribution in [1.29, 1.82) is 0 Å². The lowest BCUT2D eigenvalue weighted by Crippen LogP contribution is -2.44. The monoisotopic (exact) mass is 518 g/mol. The lowest BCUT2D eigenvalue weighted by Gasteiger charge is -2.32. The second-order valence-corrected chi connectivity index (χ2v) is 8.80. The number of halogens is 3. The average molecular weight is 519 g/mol. The Bertz CT molecular complexity index is 1270. The summed E-state index contributed by atoms with van der Waals surface area (Å²) in [5, 5.41) is 6.80. The predicted octanol–water partition coefficient (Wildman–Crippen LogP) is 3.68. The van der Waals surface area contributed by atoms with E-state index in [0.717, 1.165) is 5.56 Å². The van der Waals surface area contributed by atoms with Crippen molar-refractivity contribution < 1.29 is 27.8 Å². The molecule has 1 N–H and O–H groups in total. The lowest BCUT2D eigenvalue weighted by atomic mass is 10.0. The molecule has 0 radical (unpaired) electrons. The molecule has 13 heteroatoms. The molecule has 3 aromatic rings. The van der Waals surface area contributed by atoms with E-state index in [1.54, 1.807) is 23.2 Å². The van der Waals surface area contributed by atoms with Gasteiger partial charge in [-0.3, -0.25) is 9.78 Å². The first-order valence-electron chi connectivity index (χ1n) is 11.2. The Labute approximate surface area is 209 Å². The number of amides is 2. The molecule has 0 bridgehead atoms. The fourth-order valence-corrected chi connectivity index (χ4v) is 4.30. The molecule has 10 nitrogen and oxygen atoms in total. The Balaban J connectivity index is 1.37. The van der Waals surface area contributed by atoms with Gasteiger partial charge in [0, 0.05) is 61.7 Å². The number of cyclic esters (lactones) is 1. The minimum absolute atomic E-state index is 0.0914. The Hall–Kier alpha value is -3.80. The van der Waals surface area contributed by atoms with Crippen LogP contribution < -0.4 is 10.1 Å². The van der Waals surface area contributed by atoms with Crippen LogP contribution in [0.4, 0.5) is 13.6 Å². The highest BCUT2D eigenvalue weighted by atomic mass is 35.5. The van der Waals surface area contributed by atoms with Crippen LogP contribution in [0.1, 0.15) is 35.4 Å². The first-order chi connectivity index (χ1) is 17.4. The lowest BCUT2D eigenvalue weighted by molar-refractivity contribution is 0.0566. The van der Waals surface area contributed by atoms with Crippen molar-refractivity contribution in [2.24, 2.45) is 0 Å². The van der Waals surface area contributed by atoms with Crippen LogP contribution in [0.2, 0.25) is 5.15 Å². The normalized spacial score (nSPS) is 19.2. The first-order valence-corrected chi connectivity index (χ1v) is 11.6. The second-order valence-electron chi connectivity index (χ2n) is 8.41. The van der Waals surface area contributed by atoms with Gasteiger partial charge in [-0.1, -0.05) is 17.7 Å². The maximum Gasteiger partial charge on any atom is 0.410 e. The number of hydrogen-bond donors (Lipinski definition) is 1. The van der Waals surface area contributed by atoms with Gasteiger partial charge >= 0.3 is 12.6 Å². The number of fused-ring (bicyclic) bond motifs is 1. The van der Waals surface area contributed by atoms with Crippen molar-refractivity contribution in [3.8, 4) is 16.9 Å². The summed E-state index contributed by atoms with van der Waals surface area (Å²) < 4.78 is 38.1. The summed E-state index contributed by atoms with van der Waals surface area (Å²) in [5.41, 5.74) is 1.63. The van der Waals surface area contributed by atoms with Crippen molar-refractivity contribution in [3.63, 3.8) is 0 Å². The van der Waals surface area contributed by atoms with Gasteiger partial charge in [0.05, 0.1) is 12.2 Å². The molecule has 0 spiro atoms. The number of nitrogens with zero attached hydrogens (tertiary/aromatic N) is 5. The maximum absolute atomic E-state index is 13.1. The van der Waals surface area contributed by atoms with Gasteiger partial charge in [0.15, 0.2) is 0 Å². The summed E-state index contributed by atoms with van der Waals surface area (Å²) in [6, 6.07) is 4.74. The molecular formula is C23H21ClF2N6O4. The summed E-state index contributed by atoms with van der Waals surface area (Å²) in [4.78, 5) is 34.5. The highest BCUT2D eigenvalue weighted by Gasteiger charge is 2.39. The third kappa shape index (κ3) is 5.08. The van der Waals surface area contributed by atoms with Crippen LogP contribution in [0, 0.1) is 0 Å². The molecular weight excluding hydrogens is 498 g/mol. The molecule has 2 amide bonds. The molecule has 5 heterocycles. The second kappa shape index (κ2) is 10.1. The van der Waals surface area contributed by atoms with E-state index in [-0.39, 0.29) is 37.1 Å². The third-order valence-corrected chi connectivity index (χ3v) is 6.27. The number of hydrogen-bond acceptors (Lipinski definition) is 7. The minimum Gasteiger partial charge on any atom is -0.489 e. The number of piperidine rings is 1. The molecule has 5 rings (SSSR count). The quantitative estimate of drug-likeness (QED) is 0.475. The van der Waals surface area contributed by atoms with Crippen LogP contribution in [0.15, 0.2) is 43.0 Å². The molecule has 0 saturated carbocycles. The van der Waals surface area contributed by atoms with Crippen LogP contribution in [-0.2, 0) is 11.3 Å². The van der Waals surface area contributed by atoms with Crippen molar-refractivity contribution >= 4 is 23.6 Å². The van der Waals surface area contributed by atoms with E-state index in [1.165, 1.54) is 24.7 Å². The van der Waals surface area contributed by atoms with Crippen LogP contribution in [0.3, 0.4) is 0 Å². The Kier molecular flexibility index (Phi) is 6.68. The summed E-state index contributed by atoms with van der Waals surface area (Å²) in [5.74, 6) is -0.143. The van der Waals surface area contributed by atoms with E-state index in [1.807, 2.05) is 0 Å². The van der Waals surface area contributed by atoms with Gasteiger partial charge in [-0.15, -0.1) is 0 Å². The molecule has 0 aliphatic carbocycles. The Morgan fingerprint density at radius 2 is 2.14 bits per heavy atom. The minimum atomic E-state index is -2.80. The van der Waals surface area contributed by atoms with E-state index >= 15 is 0 Å². The number of pyridine rings is 2. The highest BCUT2D eigenvalue weighted by Crippen LogP contribution is 2.34. The fraction of sp³-hybridized carbons (Fsp3) is 0.348. The van der Waals surface area contributed by atoms with E-state index in [0.29, 0.717) is 46.1 Å². The zero-order valence-corrected chi connectivity index (χ0v) is 19.6. The van der Waals surface area contributed by atoms with Gasteiger partial charge < -0.3 is 19.7 Å². The van der Waals surface area contributed by atoms with Crippen molar-refractivity contribution in [2.45, 2.75) is 38.1 Å². The Morgan fingerprint density at radius 1 is 1.28 bits per heavy atom. The van der Waals surface area contributed by atoms with Crippen molar-refractivity contribution in [1.82, 2.24) is 30.0 Å². The number of ether oxygens (including phenoxy) is 2. The predicted molar refractivity (Wildman–Crippen MR) is 123 cm³/mol. The van der Waals surface area contributed by atoms with E-state index in [9.17, 15) is 18.4 Å². The molecule has 2 aliphatic rings. The molecule has 3 aromatic heterocycles. The van der Waals surface area contributed by atoms with E-state index in [4.69, 9.17) is 21.1 Å². The molecule has 0 unspecified atom stereocenters. The molecule has 2 saturated heterocycles. The molecule has 2 aliphatic heterocycles. The van der Waals surface area contributed by atoms with Gasteiger partial charge in [0.1, 0.15) is 29.3 Å². The van der Waals surface area contributed by atoms with Gasteiger partial charge in [0.2, 0.25) is 0 Å². The van der Waals surface area contributed by atoms with Gasteiger partial charge in [-0.2, -0.15) is 13.9 Å². The summed E-state index contributed by atoms with van der Waals surface area (Å²) in [6.45, 7) is -1.83. The van der Waals surface area contributed by atoms with Crippen molar-refractivity contribution in [3.05, 3.63) is 59.4 Å². The molecule has 188 valence electrons. The topological polar surface area (TPSA) is 111 Å². The highest BCUT2D eigenvalue weighted by molar-refractivity contribution is 6.29. The van der Waals surface area contributed by atoms with Crippen molar-refractivity contribution in [2.75, 3.05) is 13.2 Å². The summed E-state index contributed by atoms with van der Waals surface area (Å²) >= 11 is 5.79. The summed E-state index contributed by atoms with van der Waals surface area (Å²) in [7, 11) is 0.